The molecule has 18 heavy (non-hydrogen) atoms. The largest absolute Gasteiger partial charge is 0.478 e. The lowest BCUT2D eigenvalue weighted by Crippen LogP contribution is -2.18. The van der Waals surface area contributed by atoms with Crippen molar-refractivity contribution in [3.63, 3.8) is 0 Å². The third kappa shape index (κ3) is 2.68. The van der Waals surface area contributed by atoms with Gasteiger partial charge in [0.1, 0.15) is 5.82 Å². The molecule has 4 nitrogen and oxygen atoms in total. The first kappa shape index (κ1) is 12.6. The van der Waals surface area contributed by atoms with Crippen LogP contribution in [0.5, 0.6) is 0 Å². The molecule has 2 aromatic heterocycles. The summed E-state index contributed by atoms with van der Waals surface area (Å²) in [6.45, 7) is 2.65. The van der Waals surface area contributed by atoms with Gasteiger partial charge < -0.3 is 10.0 Å². The van der Waals surface area contributed by atoms with Gasteiger partial charge in [0.15, 0.2) is 0 Å². The van der Waals surface area contributed by atoms with Crippen molar-refractivity contribution in [2.75, 3.05) is 11.9 Å². The highest BCUT2D eigenvalue weighted by Crippen LogP contribution is 2.20. The van der Waals surface area contributed by atoms with E-state index in [9.17, 15) is 4.79 Å². The predicted octanol–water partition coefficient (Wildman–Crippen LogP) is 2.79. The number of pyridine rings is 1. The van der Waals surface area contributed by atoms with Crippen LogP contribution in [0.15, 0.2) is 29.8 Å². The van der Waals surface area contributed by atoms with Gasteiger partial charge in [-0.05, 0) is 30.0 Å². The zero-order valence-corrected chi connectivity index (χ0v) is 11.1. The van der Waals surface area contributed by atoms with E-state index in [4.69, 9.17) is 5.11 Å². The quantitative estimate of drug-likeness (QED) is 0.920. The maximum Gasteiger partial charge on any atom is 0.337 e. The van der Waals surface area contributed by atoms with Crippen molar-refractivity contribution in [1.82, 2.24) is 4.98 Å². The van der Waals surface area contributed by atoms with Crippen LogP contribution in [0.4, 0.5) is 5.82 Å². The molecule has 0 fully saturated rings. The van der Waals surface area contributed by atoms with E-state index in [1.165, 1.54) is 11.1 Å². The number of hydrogen-bond donors (Lipinski definition) is 1. The van der Waals surface area contributed by atoms with Crippen LogP contribution in [0.25, 0.3) is 0 Å². The van der Waals surface area contributed by atoms with E-state index < -0.39 is 5.97 Å². The number of carboxylic acids is 1. The predicted molar refractivity (Wildman–Crippen MR) is 72.4 cm³/mol. The van der Waals surface area contributed by atoms with Gasteiger partial charge >= 0.3 is 5.97 Å². The van der Waals surface area contributed by atoms with Crippen molar-refractivity contribution >= 4 is 23.1 Å². The molecule has 0 unspecified atom stereocenters. The average molecular weight is 262 g/mol. The number of carbonyl (C=O) groups is 1. The van der Waals surface area contributed by atoms with Crippen LogP contribution in [0.1, 0.15) is 20.8 Å². The zero-order chi connectivity index (χ0) is 13.1. The van der Waals surface area contributed by atoms with Crippen molar-refractivity contribution in [1.29, 1.82) is 0 Å². The maximum atomic E-state index is 10.8. The third-order valence-electron chi connectivity index (χ3n) is 2.63. The summed E-state index contributed by atoms with van der Waals surface area (Å²) in [5.74, 6) is -0.133. The van der Waals surface area contributed by atoms with E-state index in [-0.39, 0.29) is 5.56 Å². The number of nitrogens with zero attached hydrogens (tertiary/aromatic N) is 2. The van der Waals surface area contributed by atoms with Crippen molar-refractivity contribution < 1.29 is 9.90 Å². The highest BCUT2D eigenvalue weighted by atomic mass is 32.1. The van der Waals surface area contributed by atoms with Gasteiger partial charge in [-0.15, -0.1) is 11.3 Å². The molecule has 0 bridgehead atoms. The highest BCUT2D eigenvalue weighted by Gasteiger charge is 2.11. The molecule has 0 spiro atoms. The summed E-state index contributed by atoms with van der Waals surface area (Å²) in [6, 6.07) is 5.74. The lowest BCUT2D eigenvalue weighted by molar-refractivity contribution is 0.0696. The number of rotatable bonds is 4. The number of carboxylic acid groups (broad SMARTS) is 1. The summed E-state index contributed by atoms with van der Waals surface area (Å²) < 4.78 is 0. The van der Waals surface area contributed by atoms with E-state index in [1.54, 1.807) is 17.4 Å². The fraction of sp³-hybridized carbons (Fsp3) is 0.231. The third-order valence-corrected chi connectivity index (χ3v) is 3.49. The molecule has 0 aromatic carbocycles. The number of anilines is 1. The summed E-state index contributed by atoms with van der Waals surface area (Å²) in [4.78, 5) is 18.3. The van der Waals surface area contributed by atoms with E-state index in [2.05, 4.69) is 11.1 Å². The second-order valence-electron chi connectivity index (χ2n) is 4.11. The summed E-state index contributed by atoms with van der Waals surface area (Å²) in [7, 11) is 1.95. The van der Waals surface area contributed by atoms with Gasteiger partial charge in [0.25, 0.3) is 0 Å². The second kappa shape index (κ2) is 5.18. The van der Waals surface area contributed by atoms with Gasteiger partial charge in [0.2, 0.25) is 0 Å². The Bertz CT molecular complexity index is 552. The SMILES string of the molecule is Cc1cc(C(=O)O)cnc1N(C)Cc1cccs1. The van der Waals surface area contributed by atoms with Gasteiger partial charge in [-0.1, -0.05) is 6.07 Å². The summed E-state index contributed by atoms with van der Waals surface area (Å²) in [6.07, 6.45) is 1.40. The number of thiophene rings is 1. The summed E-state index contributed by atoms with van der Waals surface area (Å²) in [5, 5.41) is 10.9. The minimum absolute atomic E-state index is 0.223. The van der Waals surface area contributed by atoms with E-state index in [1.807, 2.05) is 30.3 Å². The van der Waals surface area contributed by atoms with Crippen molar-refractivity contribution in [2.45, 2.75) is 13.5 Å². The number of aryl methyl sites for hydroxylation is 1. The van der Waals surface area contributed by atoms with Crippen LogP contribution < -0.4 is 4.90 Å². The highest BCUT2D eigenvalue weighted by molar-refractivity contribution is 7.09. The molecule has 5 heteroatoms. The molecule has 0 aliphatic carbocycles. The standard InChI is InChI=1S/C13H14N2O2S/c1-9-6-10(13(16)17)7-14-12(9)15(2)8-11-4-3-5-18-11/h3-7H,8H2,1-2H3,(H,16,17). The minimum atomic E-state index is -0.946. The lowest BCUT2D eigenvalue weighted by atomic mass is 10.2. The topological polar surface area (TPSA) is 53.4 Å². The Hall–Kier alpha value is -1.88. The Morgan fingerprint density at radius 3 is 2.89 bits per heavy atom. The van der Waals surface area contributed by atoms with Crippen molar-refractivity contribution in [3.8, 4) is 0 Å². The summed E-state index contributed by atoms with van der Waals surface area (Å²) in [5.41, 5.74) is 1.09. The molecular weight excluding hydrogens is 248 g/mol. The first-order valence-electron chi connectivity index (χ1n) is 5.51. The monoisotopic (exact) mass is 262 g/mol. The first-order chi connectivity index (χ1) is 8.58. The molecule has 0 atom stereocenters. The Morgan fingerprint density at radius 1 is 1.56 bits per heavy atom. The number of aromatic nitrogens is 1. The molecular formula is C13H14N2O2S. The van der Waals surface area contributed by atoms with Crippen molar-refractivity contribution in [2.24, 2.45) is 0 Å². The van der Waals surface area contributed by atoms with Crippen LogP contribution in [0.3, 0.4) is 0 Å². The minimum Gasteiger partial charge on any atom is -0.478 e. The van der Waals surface area contributed by atoms with Gasteiger partial charge in [0.05, 0.1) is 12.1 Å². The molecule has 0 aliphatic rings. The Balaban J connectivity index is 2.20. The van der Waals surface area contributed by atoms with Gasteiger partial charge in [-0.3, -0.25) is 0 Å². The van der Waals surface area contributed by atoms with Crippen LogP contribution in [-0.2, 0) is 6.54 Å². The van der Waals surface area contributed by atoms with Crippen LogP contribution in [-0.4, -0.2) is 23.1 Å². The fourth-order valence-corrected chi connectivity index (χ4v) is 2.55. The van der Waals surface area contributed by atoms with E-state index >= 15 is 0 Å². The molecule has 0 aliphatic heterocycles. The van der Waals surface area contributed by atoms with E-state index in [0.717, 1.165) is 17.9 Å². The fourth-order valence-electron chi connectivity index (χ4n) is 1.80. The molecule has 94 valence electrons. The Labute approximate surface area is 110 Å². The Morgan fingerprint density at radius 2 is 2.33 bits per heavy atom. The molecule has 2 aromatic rings. The van der Waals surface area contributed by atoms with Crippen molar-refractivity contribution in [3.05, 3.63) is 45.8 Å². The van der Waals surface area contributed by atoms with Gasteiger partial charge in [-0.25, -0.2) is 9.78 Å². The average Bonchev–Trinajstić information content (AvgIpc) is 2.81. The summed E-state index contributed by atoms with van der Waals surface area (Å²) >= 11 is 1.70. The molecule has 2 heterocycles. The molecule has 0 saturated heterocycles. The molecule has 1 N–H and O–H groups in total. The smallest absolute Gasteiger partial charge is 0.337 e. The number of aromatic carboxylic acids is 1. The second-order valence-corrected chi connectivity index (χ2v) is 5.14. The normalized spacial score (nSPS) is 10.3. The van der Waals surface area contributed by atoms with Gasteiger partial charge in [-0.2, -0.15) is 0 Å². The van der Waals surface area contributed by atoms with Crippen LogP contribution in [0.2, 0.25) is 0 Å². The zero-order valence-electron chi connectivity index (χ0n) is 10.3. The van der Waals surface area contributed by atoms with Gasteiger partial charge in [0, 0.05) is 18.1 Å². The molecule has 2 rings (SSSR count). The maximum absolute atomic E-state index is 10.8. The van der Waals surface area contributed by atoms with Crippen LogP contribution >= 0.6 is 11.3 Å². The molecule has 0 amide bonds. The van der Waals surface area contributed by atoms with Crippen LogP contribution in [0, 0.1) is 6.92 Å². The van der Waals surface area contributed by atoms with E-state index in [0.29, 0.717) is 0 Å². The number of hydrogen-bond acceptors (Lipinski definition) is 4. The molecule has 0 saturated carbocycles. The molecule has 0 radical (unpaired) electrons. The lowest BCUT2D eigenvalue weighted by Gasteiger charge is -2.19. The Kier molecular flexibility index (Phi) is 3.62. The first-order valence-corrected chi connectivity index (χ1v) is 6.39.